The van der Waals surface area contributed by atoms with Crippen molar-refractivity contribution in [1.29, 1.82) is 0 Å². The first-order chi connectivity index (χ1) is 13.7. The maximum absolute atomic E-state index is 12.7. The Morgan fingerprint density at radius 3 is 2.79 bits per heavy atom. The number of aromatic nitrogens is 2. The molecule has 2 aromatic carbocycles. The van der Waals surface area contributed by atoms with Crippen LogP contribution in [0.25, 0.3) is 0 Å². The molecule has 0 saturated carbocycles. The summed E-state index contributed by atoms with van der Waals surface area (Å²) in [6, 6.07) is 15.7. The van der Waals surface area contributed by atoms with Crippen molar-refractivity contribution in [2.24, 2.45) is 0 Å². The number of para-hydroxylation sites is 1. The van der Waals surface area contributed by atoms with Gasteiger partial charge in [-0.25, -0.2) is 0 Å². The van der Waals surface area contributed by atoms with E-state index in [1.54, 1.807) is 7.11 Å². The third-order valence-electron chi connectivity index (χ3n) is 5.39. The fourth-order valence-electron chi connectivity index (χ4n) is 3.85. The first-order valence-electron chi connectivity index (χ1n) is 9.69. The van der Waals surface area contributed by atoms with E-state index >= 15 is 0 Å². The number of rotatable bonds is 5. The molecule has 1 heterocycles. The SMILES string of the molecule is COc1ccccc1Cn1ncc2c1CCC[C@H]2NC(=O)c1ccc(C)cc1. The number of amides is 1. The van der Waals surface area contributed by atoms with E-state index in [-0.39, 0.29) is 11.9 Å². The molecule has 1 aliphatic carbocycles. The Morgan fingerprint density at radius 2 is 2.00 bits per heavy atom. The second-order valence-corrected chi connectivity index (χ2v) is 7.30. The van der Waals surface area contributed by atoms with E-state index in [4.69, 9.17) is 4.74 Å². The minimum atomic E-state index is -0.0321. The number of carbonyl (C=O) groups excluding carboxylic acids is 1. The second kappa shape index (κ2) is 7.89. The summed E-state index contributed by atoms with van der Waals surface area (Å²) in [5.74, 6) is 0.835. The van der Waals surface area contributed by atoms with E-state index in [9.17, 15) is 4.79 Å². The molecule has 1 atom stereocenters. The quantitative estimate of drug-likeness (QED) is 0.732. The van der Waals surface area contributed by atoms with Gasteiger partial charge >= 0.3 is 0 Å². The molecular weight excluding hydrogens is 350 g/mol. The van der Waals surface area contributed by atoms with Crippen LogP contribution in [0.4, 0.5) is 0 Å². The first-order valence-corrected chi connectivity index (χ1v) is 9.69. The van der Waals surface area contributed by atoms with Gasteiger partial charge in [0, 0.05) is 22.4 Å². The highest BCUT2D eigenvalue weighted by atomic mass is 16.5. The van der Waals surface area contributed by atoms with Crippen molar-refractivity contribution >= 4 is 5.91 Å². The molecule has 0 fully saturated rings. The zero-order chi connectivity index (χ0) is 19.5. The van der Waals surface area contributed by atoms with E-state index in [0.29, 0.717) is 12.1 Å². The smallest absolute Gasteiger partial charge is 0.251 e. The highest BCUT2D eigenvalue weighted by Crippen LogP contribution is 2.31. The van der Waals surface area contributed by atoms with Crippen LogP contribution < -0.4 is 10.1 Å². The summed E-state index contributed by atoms with van der Waals surface area (Å²) in [6.45, 7) is 2.68. The van der Waals surface area contributed by atoms with Gasteiger partial charge in [-0.3, -0.25) is 9.48 Å². The molecule has 1 N–H and O–H groups in total. The van der Waals surface area contributed by atoms with Crippen LogP contribution in [0.15, 0.2) is 54.7 Å². The Morgan fingerprint density at radius 1 is 1.21 bits per heavy atom. The average Bonchev–Trinajstić information content (AvgIpc) is 3.13. The molecule has 0 aliphatic heterocycles. The standard InChI is InChI=1S/C23H25N3O2/c1-16-10-12-17(13-11-16)23(27)25-20-7-5-8-21-19(20)14-24-26(21)15-18-6-3-4-9-22(18)28-2/h3-4,6,9-14,20H,5,7-8,15H2,1-2H3,(H,25,27)/t20-/m1/s1. The van der Waals surface area contributed by atoms with Crippen LogP contribution in [0.1, 0.15) is 51.6 Å². The number of carbonyl (C=O) groups is 1. The van der Waals surface area contributed by atoms with Gasteiger partial charge in [-0.1, -0.05) is 35.9 Å². The molecular formula is C23H25N3O2. The molecule has 144 valence electrons. The minimum Gasteiger partial charge on any atom is -0.496 e. The molecule has 0 radical (unpaired) electrons. The van der Waals surface area contributed by atoms with E-state index in [0.717, 1.165) is 41.7 Å². The summed E-state index contributed by atoms with van der Waals surface area (Å²) in [5.41, 5.74) is 5.27. The van der Waals surface area contributed by atoms with Crippen molar-refractivity contribution in [3.8, 4) is 5.75 Å². The largest absolute Gasteiger partial charge is 0.496 e. The summed E-state index contributed by atoms with van der Waals surface area (Å²) < 4.78 is 7.51. The molecule has 1 amide bonds. The van der Waals surface area contributed by atoms with Gasteiger partial charge in [-0.15, -0.1) is 0 Å². The molecule has 1 aliphatic rings. The topological polar surface area (TPSA) is 56.1 Å². The maximum Gasteiger partial charge on any atom is 0.251 e. The van der Waals surface area contributed by atoms with Gasteiger partial charge < -0.3 is 10.1 Å². The Labute approximate surface area is 165 Å². The van der Waals surface area contributed by atoms with Crippen LogP contribution >= 0.6 is 0 Å². The van der Waals surface area contributed by atoms with Gasteiger partial charge in [-0.2, -0.15) is 5.10 Å². The molecule has 0 saturated heterocycles. The summed E-state index contributed by atoms with van der Waals surface area (Å²) in [5, 5.41) is 7.81. The number of nitrogens with zero attached hydrogens (tertiary/aromatic N) is 2. The van der Waals surface area contributed by atoms with Crippen molar-refractivity contribution in [3.05, 3.63) is 82.7 Å². The second-order valence-electron chi connectivity index (χ2n) is 7.30. The highest BCUT2D eigenvalue weighted by Gasteiger charge is 2.26. The number of nitrogens with one attached hydrogen (secondary N) is 1. The Hall–Kier alpha value is -3.08. The van der Waals surface area contributed by atoms with Crippen molar-refractivity contribution in [1.82, 2.24) is 15.1 Å². The Balaban J connectivity index is 1.54. The van der Waals surface area contributed by atoms with Gasteiger partial charge in [0.1, 0.15) is 5.75 Å². The van der Waals surface area contributed by atoms with E-state index < -0.39 is 0 Å². The molecule has 5 nitrogen and oxygen atoms in total. The summed E-state index contributed by atoms with van der Waals surface area (Å²) in [6.07, 6.45) is 4.85. The Bertz CT molecular complexity index is 976. The van der Waals surface area contributed by atoms with Crippen molar-refractivity contribution in [2.75, 3.05) is 7.11 Å². The third kappa shape index (κ3) is 3.65. The van der Waals surface area contributed by atoms with Gasteiger partial charge in [0.05, 0.1) is 25.9 Å². The molecule has 5 heteroatoms. The van der Waals surface area contributed by atoms with Crippen LogP contribution in [-0.2, 0) is 13.0 Å². The molecule has 0 bridgehead atoms. The van der Waals surface area contributed by atoms with Gasteiger partial charge in [0.25, 0.3) is 5.91 Å². The van der Waals surface area contributed by atoms with Crippen LogP contribution in [0.2, 0.25) is 0 Å². The zero-order valence-corrected chi connectivity index (χ0v) is 16.3. The van der Waals surface area contributed by atoms with Crippen LogP contribution in [0.3, 0.4) is 0 Å². The van der Waals surface area contributed by atoms with E-state index in [1.807, 2.05) is 60.3 Å². The minimum absolute atomic E-state index is 0.00368. The lowest BCUT2D eigenvalue weighted by Crippen LogP contribution is -2.31. The Kier molecular flexibility index (Phi) is 5.15. The summed E-state index contributed by atoms with van der Waals surface area (Å²) >= 11 is 0. The predicted octanol–water partition coefficient (Wildman–Crippen LogP) is 4.06. The van der Waals surface area contributed by atoms with E-state index in [2.05, 4.69) is 16.5 Å². The van der Waals surface area contributed by atoms with Crippen LogP contribution in [-0.4, -0.2) is 22.8 Å². The predicted molar refractivity (Wildman–Crippen MR) is 109 cm³/mol. The number of methoxy groups -OCH3 is 1. The fraction of sp³-hybridized carbons (Fsp3) is 0.304. The van der Waals surface area contributed by atoms with Gasteiger partial charge in [0.15, 0.2) is 0 Å². The number of aryl methyl sites for hydroxylation is 1. The number of benzene rings is 2. The van der Waals surface area contributed by atoms with Crippen molar-refractivity contribution < 1.29 is 9.53 Å². The monoisotopic (exact) mass is 375 g/mol. The zero-order valence-electron chi connectivity index (χ0n) is 16.3. The lowest BCUT2D eigenvalue weighted by Gasteiger charge is -2.24. The highest BCUT2D eigenvalue weighted by molar-refractivity contribution is 5.94. The van der Waals surface area contributed by atoms with Crippen molar-refractivity contribution in [2.45, 2.75) is 38.8 Å². The first kappa shape index (κ1) is 18.3. The molecule has 3 aromatic rings. The fourth-order valence-corrected chi connectivity index (χ4v) is 3.85. The third-order valence-corrected chi connectivity index (χ3v) is 5.39. The molecule has 0 spiro atoms. The molecule has 0 unspecified atom stereocenters. The number of hydrogen-bond acceptors (Lipinski definition) is 3. The summed E-state index contributed by atoms with van der Waals surface area (Å²) in [7, 11) is 1.69. The number of hydrogen-bond donors (Lipinski definition) is 1. The lowest BCUT2D eigenvalue weighted by atomic mass is 9.92. The van der Waals surface area contributed by atoms with Crippen molar-refractivity contribution in [3.63, 3.8) is 0 Å². The van der Waals surface area contributed by atoms with Crippen LogP contribution in [0.5, 0.6) is 5.75 Å². The summed E-state index contributed by atoms with van der Waals surface area (Å²) in [4.78, 5) is 12.7. The maximum atomic E-state index is 12.7. The molecule has 28 heavy (non-hydrogen) atoms. The number of fused-ring (bicyclic) bond motifs is 1. The average molecular weight is 375 g/mol. The lowest BCUT2D eigenvalue weighted by molar-refractivity contribution is 0.0932. The molecule has 4 rings (SSSR count). The van der Waals surface area contributed by atoms with Gasteiger partial charge in [0.2, 0.25) is 0 Å². The van der Waals surface area contributed by atoms with Crippen LogP contribution in [0, 0.1) is 6.92 Å². The molecule has 1 aromatic heterocycles. The normalized spacial score (nSPS) is 15.7. The van der Waals surface area contributed by atoms with E-state index in [1.165, 1.54) is 5.69 Å². The van der Waals surface area contributed by atoms with Gasteiger partial charge in [-0.05, 0) is 44.4 Å². The number of ether oxygens (including phenoxy) is 1.